The lowest BCUT2D eigenvalue weighted by Crippen LogP contribution is -2.04. The molecule has 4 aromatic rings. The van der Waals surface area contributed by atoms with Crippen LogP contribution in [0.5, 0.6) is 11.5 Å². The third kappa shape index (κ3) is 6.42. The number of hydrogen-bond acceptors (Lipinski definition) is 3. The predicted octanol–water partition coefficient (Wildman–Crippen LogP) is 7.19. The summed E-state index contributed by atoms with van der Waals surface area (Å²) in [7, 11) is 0. The molecule has 0 aliphatic carbocycles. The van der Waals surface area contributed by atoms with Crippen LogP contribution < -0.4 is 9.47 Å². The van der Waals surface area contributed by atoms with Gasteiger partial charge in [-0.15, -0.1) is 0 Å². The van der Waals surface area contributed by atoms with E-state index >= 15 is 0 Å². The van der Waals surface area contributed by atoms with Crippen LogP contribution >= 0.6 is 0 Å². The van der Waals surface area contributed by atoms with Crippen molar-refractivity contribution in [2.75, 3.05) is 0 Å². The Hall–Kier alpha value is -4.18. The molecule has 34 heavy (non-hydrogen) atoms. The molecule has 0 atom stereocenters. The first-order chi connectivity index (χ1) is 16.6. The average Bonchev–Trinajstić information content (AvgIpc) is 2.87. The highest BCUT2D eigenvalue weighted by molar-refractivity contribution is 6.08. The van der Waals surface area contributed by atoms with Crippen molar-refractivity contribution in [1.29, 1.82) is 0 Å². The van der Waals surface area contributed by atoms with Gasteiger partial charge in [0.05, 0.1) is 5.56 Å². The minimum absolute atomic E-state index is 0.177. The number of carbonyl (C=O) groups excluding carboxylic acids is 1. The van der Waals surface area contributed by atoms with Crippen molar-refractivity contribution in [3.05, 3.63) is 137 Å². The van der Waals surface area contributed by atoms with Gasteiger partial charge in [-0.05, 0) is 54.0 Å². The van der Waals surface area contributed by atoms with Crippen LogP contribution in [-0.2, 0) is 13.2 Å². The van der Waals surface area contributed by atoms with Crippen LogP contribution in [0.2, 0.25) is 0 Å². The molecule has 4 aromatic carbocycles. The van der Waals surface area contributed by atoms with E-state index < -0.39 is 0 Å². The van der Waals surface area contributed by atoms with Crippen LogP contribution in [0.4, 0.5) is 4.39 Å². The van der Waals surface area contributed by atoms with E-state index in [1.807, 2.05) is 61.5 Å². The Balaban J connectivity index is 1.54. The van der Waals surface area contributed by atoms with Crippen LogP contribution in [0, 0.1) is 12.7 Å². The monoisotopic (exact) mass is 452 g/mol. The first-order valence-electron chi connectivity index (χ1n) is 11.0. The highest BCUT2D eigenvalue weighted by Crippen LogP contribution is 2.28. The zero-order chi connectivity index (χ0) is 23.8. The normalized spacial score (nSPS) is 10.9. The summed E-state index contributed by atoms with van der Waals surface area (Å²) in [4.78, 5) is 13.0. The molecule has 0 spiro atoms. The zero-order valence-corrected chi connectivity index (χ0v) is 18.9. The number of allylic oxidation sites excluding steroid dienone is 1. The maximum Gasteiger partial charge on any atom is 0.189 e. The van der Waals surface area contributed by atoms with Gasteiger partial charge in [0, 0.05) is 6.07 Å². The van der Waals surface area contributed by atoms with Gasteiger partial charge in [-0.3, -0.25) is 4.79 Å². The van der Waals surface area contributed by atoms with E-state index in [2.05, 4.69) is 0 Å². The van der Waals surface area contributed by atoms with Crippen LogP contribution in [0.25, 0.3) is 6.08 Å². The topological polar surface area (TPSA) is 35.5 Å². The molecule has 0 unspecified atom stereocenters. The standard InChI is InChI=1S/C30H25FO3/c1-22-7-9-23(10-8-22)13-18-29(32)28-17-16-27(33-20-24-5-3-2-4-6-24)19-30(28)34-21-25-11-14-26(31)15-12-25/h2-19H,20-21H2,1H3. The third-order valence-electron chi connectivity index (χ3n) is 5.28. The van der Waals surface area contributed by atoms with E-state index in [4.69, 9.17) is 9.47 Å². The number of rotatable bonds is 9. The lowest BCUT2D eigenvalue weighted by Gasteiger charge is -2.13. The van der Waals surface area contributed by atoms with Crippen molar-refractivity contribution < 1.29 is 18.7 Å². The van der Waals surface area contributed by atoms with Crippen molar-refractivity contribution in [3.8, 4) is 11.5 Å². The van der Waals surface area contributed by atoms with Gasteiger partial charge in [0.1, 0.15) is 30.5 Å². The van der Waals surface area contributed by atoms with Gasteiger partial charge in [0.15, 0.2) is 5.78 Å². The van der Waals surface area contributed by atoms with E-state index in [0.717, 1.165) is 22.3 Å². The Labute approximate surface area is 199 Å². The summed E-state index contributed by atoms with van der Waals surface area (Å²) in [5.41, 5.74) is 4.36. The number of halogens is 1. The van der Waals surface area contributed by atoms with Crippen LogP contribution in [-0.4, -0.2) is 5.78 Å². The number of carbonyl (C=O) groups is 1. The Morgan fingerprint density at radius 2 is 1.47 bits per heavy atom. The highest BCUT2D eigenvalue weighted by atomic mass is 19.1. The van der Waals surface area contributed by atoms with Gasteiger partial charge in [0.25, 0.3) is 0 Å². The molecule has 0 bridgehead atoms. The summed E-state index contributed by atoms with van der Waals surface area (Å²) >= 11 is 0. The van der Waals surface area contributed by atoms with E-state index in [-0.39, 0.29) is 18.2 Å². The number of ether oxygens (including phenoxy) is 2. The summed E-state index contributed by atoms with van der Waals surface area (Å²) in [6, 6.07) is 29.0. The van der Waals surface area contributed by atoms with Gasteiger partial charge < -0.3 is 9.47 Å². The third-order valence-corrected chi connectivity index (χ3v) is 5.28. The van der Waals surface area contributed by atoms with Crippen molar-refractivity contribution in [2.24, 2.45) is 0 Å². The lowest BCUT2D eigenvalue weighted by molar-refractivity contribution is 0.104. The summed E-state index contributed by atoms with van der Waals surface area (Å²) < 4.78 is 25.1. The van der Waals surface area contributed by atoms with Crippen molar-refractivity contribution >= 4 is 11.9 Å². The summed E-state index contributed by atoms with van der Waals surface area (Å²) in [5, 5.41) is 0. The molecule has 4 heteroatoms. The second kappa shape index (κ2) is 11.1. The van der Waals surface area contributed by atoms with Gasteiger partial charge >= 0.3 is 0 Å². The van der Waals surface area contributed by atoms with Crippen LogP contribution in [0.1, 0.15) is 32.6 Å². The van der Waals surface area contributed by atoms with Crippen LogP contribution in [0.3, 0.4) is 0 Å². The molecule has 0 heterocycles. The van der Waals surface area contributed by atoms with Crippen LogP contribution in [0.15, 0.2) is 103 Å². The molecule has 170 valence electrons. The van der Waals surface area contributed by atoms with Gasteiger partial charge in [-0.2, -0.15) is 0 Å². The molecule has 0 fully saturated rings. The first-order valence-corrected chi connectivity index (χ1v) is 11.0. The zero-order valence-electron chi connectivity index (χ0n) is 18.9. The predicted molar refractivity (Wildman–Crippen MR) is 132 cm³/mol. The second-order valence-corrected chi connectivity index (χ2v) is 7.96. The molecule has 0 aliphatic heterocycles. The number of ketones is 1. The second-order valence-electron chi connectivity index (χ2n) is 7.96. The number of hydrogen-bond donors (Lipinski definition) is 0. The fraction of sp³-hybridized carbons (Fsp3) is 0.100. The molecule has 3 nitrogen and oxygen atoms in total. The maximum atomic E-state index is 13.2. The molecular formula is C30H25FO3. The maximum absolute atomic E-state index is 13.2. The molecular weight excluding hydrogens is 427 g/mol. The molecule has 0 aliphatic rings. The molecule has 0 aromatic heterocycles. The quantitative estimate of drug-likeness (QED) is 0.199. The number of benzene rings is 4. The number of aryl methyl sites for hydroxylation is 1. The first kappa shape index (κ1) is 23.0. The Bertz CT molecular complexity index is 1260. The molecule has 0 saturated carbocycles. The Morgan fingerprint density at radius 1 is 0.794 bits per heavy atom. The van der Waals surface area contributed by atoms with Gasteiger partial charge in [0.2, 0.25) is 0 Å². The van der Waals surface area contributed by atoms with E-state index in [9.17, 15) is 9.18 Å². The molecule has 0 radical (unpaired) electrons. The van der Waals surface area contributed by atoms with E-state index in [0.29, 0.717) is 23.7 Å². The SMILES string of the molecule is Cc1ccc(C=CC(=O)c2ccc(OCc3ccccc3)cc2OCc2ccc(F)cc2)cc1. The Kier molecular flexibility index (Phi) is 7.51. The highest BCUT2D eigenvalue weighted by Gasteiger charge is 2.13. The summed E-state index contributed by atoms with van der Waals surface area (Å²) in [6.45, 7) is 2.62. The van der Waals surface area contributed by atoms with Crippen molar-refractivity contribution in [1.82, 2.24) is 0 Å². The van der Waals surface area contributed by atoms with Gasteiger partial charge in [-0.25, -0.2) is 4.39 Å². The van der Waals surface area contributed by atoms with Gasteiger partial charge in [-0.1, -0.05) is 78.4 Å². The molecule has 4 rings (SSSR count). The summed E-state index contributed by atoms with van der Waals surface area (Å²) in [5.74, 6) is 0.520. The molecule has 0 saturated heterocycles. The molecule has 0 N–H and O–H groups in total. The smallest absolute Gasteiger partial charge is 0.189 e. The lowest BCUT2D eigenvalue weighted by atomic mass is 10.1. The van der Waals surface area contributed by atoms with Crippen molar-refractivity contribution in [3.63, 3.8) is 0 Å². The van der Waals surface area contributed by atoms with Crippen molar-refractivity contribution in [2.45, 2.75) is 20.1 Å². The minimum atomic E-state index is -0.308. The average molecular weight is 453 g/mol. The summed E-state index contributed by atoms with van der Waals surface area (Å²) in [6.07, 6.45) is 3.32. The van der Waals surface area contributed by atoms with E-state index in [1.54, 1.807) is 36.4 Å². The molecule has 0 amide bonds. The fourth-order valence-corrected chi connectivity index (χ4v) is 3.34. The largest absolute Gasteiger partial charge is 0.489 e. The Morgan fingerprint density at radius 3 is 2.21 bits per heavy atom. The fourth-order valence-electron chi connectivity index (χ4n) is 3.34. The van der Waals surface area contributed by atoms with E-state index in [1.165, 1.54) is 18.2 Å². The minimum Gasteiger partial charge on any atom is -0.489 e.